The van der Waals surface area contributed by atoms with Gasteiger partial charge in [0.15, 0.2) is 17.5 Å². The summed E-state index contributed by atoms with van der Waals surface area (Å²) in [5.41, 5.74) is 4.21. The van der Waals surface area contributed by atoms with Crippen LogP contribution in [0.25, 0.3) is 0 Å². The number of benzene rings is 2. The van der Waals surface area contributed by atoms with E-state index in [0.29, 0.717) is 18.7 Å². The molecule has 1 aliphatic heterocycles. The molecule has 0 bridgehead atoms. The van der Waals surface area contributed by atoms with Crippen LogP contribution in [0.5, 0.6) is 0 Å². The number of hydrogen-bond donors (Lipinski definition) is 3. The van der Waals surface area contributed by atoms with E-state index >= 15 is 0 Å². The lowest BCUT2D eigenvalue weighted by Crippen LogP contribution is -2.41. The van der Waals surface area contributed by atoms with Crippen molar-refractivity contribution in [3.8, 4) is 0 Å². The van der Waals surface area contributed by atoms with Crippen molar-refractivity contribution in [1.29, 1.82) is 0 Å². The van der Waals surface area contributed by atoms with Gasteiger partial charge in [-0.15, -0.1) is 24.8 Å². The molecule has 3 aromatic rings. The average molecular weight is 504 g/mol. The lowest BCUT2D eigenvalue weighted by molar-refractivity contribution is 0.0862. The molecule has 2 amide bonds. The number of carbonyl (C=O) groups excluding carboxylic acids is 2. The van der Waals surface area contributed by atoms with Crippen LogP contribution in [0.15, 0.2) is 47.5 Å². The van der Waals surface area contributed by atoms with Gasteiger partial charge in [0.1, 0.15) is 12.0 Å². The number of hydrazine groups is 1. The lowest BCUT2D eigenvalue weighted by atomic mass is 10.1. The third-order valence-corrected chi connectivity index (χ3v) is 4.55. The quantitative estimate of drug-likeness (QED) is 0.463. The first-order valence-electron chi connectivity index (χ1n) is 8.62. The summed E-state index contributed by atoms with van der Waals surface area (Å²) in [6, 6.07) is 10.2. The van der Waals surface area contributed by atoms with E-state index < -0.39 is 23.4 Å². The Bertz CT molecular complexity index is 1190. The van der Waals surface area contributed by atoms with Gasteiger partial charge in [0.25, 0.3) is 11.8 Å². The average Bonchev–Trinajstić information content (AvgIpc) is 3.19. The van der Waals surface area contributed by atoms with E-state index in [1.165, 1.54) is 17.4 Å². The number of nitrogens with zero attached hydrogens (tertiary/aromatic N) is 3. The monoisotopic (exact) mass is 502 g/mol. The van der Waals surface area contributed by atoms with Crippen LogP contribution in [0, 0.1) is 11.6 Å². The molecule has 168 valence electrons. The van der Waals surface area contributed by atoms with E-state index in [-0.39, 0.29) is 46.9 Å². The third kappa shape index (κ3) is 5.34. The normalized spacial score (nSPS) is 11.7. The molecule has 1 aromatic heterocycles. The molecule has 0 saturated heterocycles. The number of para-hydroxylation sites is 1. The predicted molar refractivity (Wildman–Crippen MR) is 120 cm³/mol. The molecule has 0 fully saturated rings. The van der Waals surface area contributed by atoms with Crippen molar-refractivity contribution >= 4 is 66.1 Å². The van der Waals surface area contributed by atoms with Crippen molar-refractivity contribution in [3.63, 3.8) is 0 Å². The minimum absolute atomic E-state index is 0. The second-order valence-corrected chi connectivity index (χ2v) is 6.72. The Morgan fingerprint density at radius 1 is 1.06 bits per heavy atom. The molecule has 3 N–H and O–H groups in total. The standard InChI is InChI=1S/C19H13ClF2N6O2.2ClH/c20-12-6-14(22)13(21)5-11(12)18(29)24-17-7-16(25-26-17)19(30)27-28-8-10-3-1-2-4-15(10)23-9-28;;/h1-7,9H,8H2,(H,27,30)(H2,24,25,26,29);2*1H. The number of aromatic nitrogens is 2. The number of hydrogen-bond acceptors (Lipinski definition) is 5. The molecule has 2 aromatic carbocycles. The van der Waals surface area contributed by atoms with Crippen LogP contribution in [-0.2, 0) is 6.54 Å². The summed E-state index contributed by atoms with van der Waals surface area (Å²) in [4.78, 5) is 28.9. The molecular formula is C19H15Cl3F2N6O2. The first kappa shape index (κ1) is 25.1. The highest BCUT2D eigenvalue weighted by Gasteiger charge is 2.19. The molecule has 13 heteroatoms. The van der Waals surface area contributed by atoms with E-state index in [0.717, 1.165) is 11.3 Å². The summed E-state index contributed by atoms with van der Waals surface area (Å²) in [6.07, 6.45) is 1.49. The second kappa shape index (κ2) is 10.4. The number of nitrogens with one attached hydrogen (secondary N) is 3. The summed E-state index contributed by atoms with van der Waals surface area (Å²) < 4.78 is 26.5. The zero-order valence-electron chi connectivity index (χ0n) is 15.9. The van der Waals surface area contributed by atoms with E-state index in [9.17, 15) is 18.4 Å². The van der Waals surface area contributed by atoms with Gasteiger partial charge in [0, 0.05) is 6.07 Å². The van der Waals surface area contributed by atoms with E-state index in [1.54, 1.807) is 0 Å². The van der Waals surface area contributed by atoms with Crippen molar-refractivity contribution in [1.82, 2.24) is 20.6 Å². The van der Waals surface area contributed by atoms with Gasteiger partial charge in [-0.05, 0) is 23.8 Å². The Labute approximate surface area is 197 Å². The van der Waals surface area contributed by atoms with Crippen molar-refractivity contribution in [2.45, 2.75) is 6.54 Å². The number of aromatic amines is 1. The van der Waals surface area contributed by atoms with Crippen molar-refractivity contribution in [2.75, 3.05) is 5.32 Å². The van der Waals surface area contributed by atoms with E-state index in [2.05, 4.69) is 25.9 Å². The zero-order valence-corrected chi connectivity index (χ0v) is 18.3. The molecule has 0 spiro atoms. The Morgan fingerprint density at radius 3 is 2.56 bits per heavy atom. The van der Waals surface area contributed by atoms with Gasteiger partial charge in [-0.2, -0.15) is 5.10 Å². The van der Waals surface area contributed by atoms with Gasteiger partial charge in [-0.1, -0.05) is 29.8 Å². The van der Waals surface area contributed by atoms with Crippen LogP contribution in [0.1, 0.15) is 26.4 Å². The van der Waals surface area contributed by atoms with Crippen molar-refractivity contribution in [3.05, 3.63) is 75.9 Å². The number of rotatable bonds is 4. The molecule has 0 atom stereocenters. The van der Waals surface area contributed by atoms with Crippen LogP contribution in [0.2, 0.25) is 5.02 Å². The fourth-order valence-corrected chi connectivity index (χ4v) is 3.00. The van der Waals surface area contributed by atoms with Crippen molar-refractivity contribution in [2.24, 2.45) is 4.99 Å². The number of halogens is 5. The molecule has 4 rings (SSSR count). The first-order valence-corrected chi connectivity index (χ1v) is 8.99. The van der Waals surface area contributed by atoms with Gasteiger partial charge in [0.05, 0.1) is 22.8 Å². The molecular weight excluding hydrogens is 489 g/mol. The first-order chi connectivity index (χ1) is 14.4. The van der Waals surface area contributed by atoms with Crippen LogP contribution >= 0.6 is 36.4 Å². The fraction of sp³-hybridized carbons (Fsp3) is 0.0526. The Morgan fingerprint density at radius 2 is 1.78 bits per heavy atom. The van der Waals surface area contributed by atoms with Crippen LogP contribution in [-0.4, -0.2) is 33.4 Å². The highest BCUT2D eigenvalue weighted by atomic mass is 35.5. The largest absolute Gasteiger partial charge is 0.305 e. The van der Waals surface area contributed by atoms with Crippen LogP contribution in [0.4, 0.5) is 20.3 Å². The Kier molecular flexibility index (Phi) is 8.14. The summed E-state index contributed by atoms with van der Waals surface area (Å²) in [6.45, 7) is 0.428. The smallest absolute Gasteiger partial charge is 0.287 e. The maximum atomic E-state index is 13.4. The Hall–Kier alpha value is -3.21. The fourth-order valence-electron chi connectivity index (χ4n) is 2.77. The van der Waals surface area contributed by atoms with Gasteiger partial charge in [-0.3, -0.25) is 25.1 Å². The van der Waals surface area contributed by atoms with Gasteiger partial charge >= 0.3 is 0 Å². The van der Waals surface area contributed by atoms with Gasteiger partial charge in [0.2, 0.25) is 0 Å². The maximum absolute atomic E-state index is 13.4. The van der Waals surface area contributed by atoms with Gasteiger partial charge < -0.3 is 5.32 Å². The molecule has 0 aliphatic carbocycles. The third-order valence-electron chi connectivity index (χ3n) is 4.23. The molecule has 8 nitrogen and oxygen atoms in total. The highest BCUT2D eigenvalue weighted by Crippen LogP contribution is 2.23. The number of anilines is 1. The number of H-pyrrole nitrogens is 1. The number of carbonyl (C=O) groups is 2. The summed E-state index contributed by atoms with van der Waals surface area (Å²) in [7, 11) is 0. The lowest BCUT2D eigenvalue weighted by Gasteiger charge is -2.24. The zero-order chi connectivity index (χ0) is 21.3. The highest BCUT2D eigenvalue weighted by molar-refractivity contribution is 6.34. The molecule has 32 heavy (non-hydrogen) atoms. The van der Waals surface area contributed by atoms with Crippen molar-refractivity contribution < 1.29 is 18.4 Å². The minimum Gasteiger partial charge on any atom is -0.305 e. The molecule has 0 saturated carbocycles. The summed E-state index contributed by atoms with van der Waals surface area (Å²) >= 11 is 5.78. The van der Waals surface area contributed by atoms with E-state index in [1.807, 2.05) is 24.3 Å². The Balaban J connectivity index is 0.00000181. The predicted octanol–water partition coefficient (Wildman–Crippen LogP) is 4.26. The van der Waals surface area contributed by atoms with Crippen LogP contribution in [0.3, 0.4) is 0 Å². The minimum atomic E-state index is -1.21. The molecule has 1 aliphatic rings. The molecule has 0 unspecified atom stereocenters. The maximum Gasteiger partial charge on any atom is 0.287 e. The molecule has 0 radical (unpaired) electrons. The second-order valence-electron chi connectivity index (χ2n) is 6.31. The van der Waals surface area contributed by atoms with E-state index in [4.69, 9.17) is 11.6 Å². The molecule has 2 heterocycles. The van der Waals surface area contributed by atoms with Crippen LogP contribution < -0.4 is 10.7 Å². The van der Waals surface area contributed by atoms with Gasteiger partial charge in [-0.25, -0.2) is 13.8 Å². The number of amides is 2. The topological polar surface area (TPSA) is 102 Å². The summed E-state index contributed by atoms with van der Waals surface area (Å²) in [5.74, 6) is -3.70. The SMILES string of the molecule is Cl.Cl.O=C(NN1C=Nc2ccccc2C1)c1cc(NC(=O)c2cc(F)c(F)cc2Cl)n[nH]1. The number of aliphatic imine (C=N–C) groups is 1. The number of fused-ring (bicyclic) bond motifs is 1. The summed E-state index contributed by atoms with van der Waals surface area (Å²) in [5, 5.41) is 9.92.